The summed E-state index contributed by atoms with van der Waals surface area (Å²) in [5.74, 6) is 12.0. The number of pyridine rings is 1. The summed E-state index contributed by atoms with van der Waals surface area (Å²) in [7, 11) is 0. The van der Waals surface area contributed by atoms with E-state index >= 15 is 0 Å². The van der Waals surface area contributed by atoms with Crippen molar-refractivity contribution in [3.05, 3.63) is 147 Å². The summed E-state index contributed by atoms with van der Waals surface area (Å²) in [4.78, 5) is 4.49. The van der Waals surface area contributed by atoms with E-state index in [1.54, 1.807) is 42.6 Å². The summed E-state index contributed by atoms with van der Waals surface area (Å²) in [5, 5.41) is 21.8. The first kappa shape index (κ1) is 31.7. The van der Waals surface area contributed by atoms with Gasteiger partial charge in [-0.05, 0) is 65.2 Å². The molecule has 44 heavy (non-hydrogen) atoms. The Balaban J connectivity index is 0.000000204. The fourth-order valence-corrected chi connectivity index (χ4v) is 4.80. The largest absolute Gasteiger partial charge is 0.388 e. The Labute approximate surface area is 265 Å². The van der Waals surface area contributed by atoms with Crippen molar-refractivity contribution < 1.29 is 0 Å². The van der Waals surface area contributed by atoms with E-state index in [4.69, 9.17) is 51.6 Å². The number of hydrazone groups is 2. The van der Waals surface area contributed by atoms with Gasteiger partial charge in [-0.25, -0.2) is 21.9 Å². The van der Waals surface area contributed by atoms with Gasteiger partial charge in [-0.2, -0.15) is 15.5 Å². The highest BCUT2D eigenvalue weighted by molar-refractivity contribution is 6.30. The third-order valence-corrected chi connectivity index (χ3v) is 7.09. The average Bonchev–Trinajstić information content (AvgIpc) is 3.04. The van der Waals surface area contributed by atoms with Gasteiger partial charge in [0.2, 0.25) is 0 Å². The molecule has 5 rings (SSSR count). The zero-order valence-corrected chi connectivity index (χ0v) is 25.0. The van der Waals surface area contributed by atoms with E-state index < -0.39 is 0 Å². The fourth-order valence-electron chi connectivity index (χ4n) is 4.55. The average molecular weight is 626 g/mol. The molecule has 10 nitrogen and oxygen atoms in total. The van der Waals surface area contributed by atoms with Gasteiger partial charge in [-0.3, -0.25) is 4.98 Å². The zero-order chi connectivity index (χ0) is 31.5. The van der Waals surface area contributed by atoms with E-state index in [9.17, 15) is 0 Å². The molecule has 4 aromatic carbocycles. The van der Waals surface area contributed by atoms with Crippen LogP contribution in [0.25, 0.3) is 10.9 Å². The highest BCUT2D eigenvalue weighted by Crippen LogP contribution is 2.30. The Morgan fingerprint density at radius 2 is 1.14 bits per heavy atom. The predicted octanol–water partition coefficient (Wildman–Crippen LogP) is 5.43. The third kappa shape index (κ3) is 8.01. The highest BCUT2D eigenvalue weighted by Gasteiger charge is 2.21. The molecule has 0 aliphatic heterocycles. The van der Waals surface area contributed by atoms with Crippen molar-refractivity contribution >= 4 is 46.8 Å². The Kier molecular flexibility index (Phi) is 11.1. The number of para-hydroxylation sites is 1. The molecule has 0 bridgehead atoms. The van der Waals surface area contributed by atoms with Crippen molar-refractivity contribution in [2.45, 2.75) is 12.1 Å². The summed E-state index contributed by atoms with van der Waals surface area (Å²) in [6, 6.07) is 33.3. The van der Waals surface area contributed by atoms with E-state index in [2.05, 4.69) is 21.3 Å². The number of hydrazine groups is 2. The molecule has 0 radical (unpaired) electrons. The maximum Gasteiger partial charge on any atom is 0.115 e. The van der Waals surface area contributed by atoms with E-state index in [0.29, 0.717) is 15.6 Å². The minimum Gasteiger partial charge on any atom is -0.388 e. The van der Waals surface area contributed by atoms with Crippen LogP contribution in [0.15, 0.2) is 120 Å². The number of nitrogens with zero attached hydrogens (tertiary/aromatic N) is 6. The van der Waals surface area contributed by atoms with E-state index in [0.717, 1.165) is 45.8 Å². The van der Waals surface area contributed by atoms with Gasteiger partial charge in [0, 0.05) is 27.2 Å². The number of benzene rings is 4. The van der Waals surface area contributed by atoms with Crippen LogP contribution in [0.5, 0.6) is 0 Å². The van der Waals surface area contributed by atoms with Crippen LogP contribution in [0.4, 0.5) is 0 Å². The molecule has 0 amide bonds. The monoisotopic (exact) mass is 624 g/mol. The third-order valence-electron chi connectivity index (χ3n) is 6.58. The Bertz CT molecular complexity index is 1710. The van der Waals surface area contributed by atoms with Gasteiger partial charge in [0.25, 0.3) is 0 Å². The van der Waals surface area contributed by atoms with Crippen LogP contribution >= 0.6 is 23.2 Å². The van der Waals surface area contributed by atoms with Crippen LogP contribution in [0, 0.1) is 11.3 Å². The summed E-state index contributed by atoms with van der Waals surface area (Å²) in [5.41, 5.74) is 15.9. The van der Waals surface area contributed by atoms with Crippen LogP contribution in [-0.4, -0.2) is 27.9 Å². The lowest BCUT2D eigenvalue weighted by Crippen LogP contribution is -2.32. The smallest absolute Gasteiger partial charge is 0.115 e. The number of nitriles is 1. The van der Waals surface area contributed by atoms with Gasteiger partial charge in [-0.1, -0.05) is 77.8 Å². The molecular weight excluding hydrogens is 595 g/mol. The maximum absolute atomic E-state index is 8.96. The second-order valence-electron chi connectivity index (χ2n) is 9.39. The Hall–Kier alpha value is -5.18. The van der Waals surface area contributed by atoms with Gasteiger partial charge in [-0.15, -0.1) is 0 Å². The SMILES string of the molecule is N#Cc1ccc(C(c2cnc3ccccc3c2)N(N)/N=C\N)cc1.N/C=N\N(N)C(c1ccc(Cl)cc1)c1ccc(Cl)cc1. The Morgan fingerprint density at radius 1 is 0.682 bits per heavy atom. The van der Waals surface area contributed by atoms with Crippen molar-refractivity contribution in [1.82, 2.24) is 15.2 Å². The van der Waals surface area contributed by atoms with E-state index in [1.165, 1.54) is 10.2 Å². The number of halogens is 2. The Morgan fingerprint density at radius 3 is 1.61 bits per heavy atom. The molecule has 0 aliphatic rings. The van der Waals surface area contributed by atoms with Gasteiger partial charge in [0.1, 0.15) is 24.8 Å². The van der Waals surface area contributed by atoms with Crippen LogP contribution < -0.4 is 23.2 Å². The van der Waals surface area contributed by atoms with Gasteiger partial charge < -0.3 is 11.5 Å². The zero-order valence-electron chi connectivity index (χ0n) is 23.5. The number of rotatable bonds is 8. The molecule has 0 fully saturated rings. The molecule has 12 heteroatoms. The molecule has 222 valence electrons. The number of nitrogens with two attached hydrogens (primary N) is 4. The minimum atomic E-state index is -0.366. The lowest BCUT2D eigenvalue weighted by molar-refractivity contribution is 0.245. The first-order valence-electron chi connectivity index (χ1n) is 13.3. The molecular formula is C32H30Cl2N10. The molecule has 1 aromatic heterocycles. The molecule has 0 saturated heterocycles. The first-order chi connectivity index (χ1) is 21.3. The molecule has 0 spiro atoms. The van der Waals surface area contributed by atoms with Gasteiger partial charge in [0.05, 0.1) is 17.1 Å². The maximum atomic E-state index is 8.96. The number of hydrogen-bond donors (Lipinski definition) is 4. The number of hydrogen-bond acceptors (Lipinski definition) is 8. The van der Waals surface area contributed by atoms with Crippen LogP contribution in [0.3, 0.4) is 0 Å². The molecule has 1 atom stereocenters. The quantitative estimate of drug-likeness (QED) is 0.0765. The normalized spacial score (nSPS) is 11.7. The molecule has 8 N–H and O–H groups in total. The number of fused-ring (bicyclic) bond motifs is 1. The summed E-state index contributed by atoms with van der Waals surface area (Å²) < 4.78 is 0. The topological polar surface area (TPSA) is 172 Å². The van der Waals surface area contributed by atoms with Crippen molar-refractivity contribution in [2.75, 3.05) is 0 Å². The van der Waals surface area contributed by atoms with Crippen molar-refractivity contribution in [3.63, 3.8) is 0 Å². The molecule has 1 heterocycles. The van der Waals surface area contributed by atoms with Crippen molar-refractivity contribution in [3.8, 4) is 6.07 Å². The van der Waals surface area contributed by atoms with Crippen molar-refractivity contribution in [2.24, 2.45) is 33.4 Å². The van der Waals surface area contributed by atoms with Gasteiger partial charge >= 0.3 is 0 Å². The first-order valence-corrected chi connectivity index (χ1v) is 14.0. The lowest BCUT2D eigenvalue weighted by Gasteiger charge is -2.25. The fraction of sp³-hybridized carbons (Fsp3) is 0.0625. The molecule has 0 aliphatic carbocycles. The predicted molar refractivity (Wildman–Crippen MR) is 177 cm³/mol. The summed E-state index contributed by atoms with van der Waals surface area (Å²) >= 11 is 11.8. The van der Waals surface area contributed by atoms with E-state index in [1.807, 2.05) is 66.7 Å². The van der Waals surface area contributed by atoms with E-state index in [-0.39, 0.29) is 12.1 Å². The minimum absolute atomic E-state index is 0.274. The summed E-state index contributed by atoms with van der Waals surface area (Å²) in [6.45, 7) is 0. The standard InChI is InChI=1S/C18H16N6.C14H14Cl2N4/c19-10-13-5-7-14(8-6-13)18(24(21)23-12-20)16-9-15-3-1-2-4-17(15)22-11-16;15-12-5-1-10(2-6-12)14(20(18)19-9-17)11-3-7-13(16)8-4-11/h1-9,11-12,18H,21H2,(H2,20,23);1-9,14H,18H2,(H2,17,19). The summed E-state index contributed by atoms with van der Waals surface area (Å²) in [6.07, 6.45) is 4.07. The number of aromatic nitrogens is 1. The molecule has 5 aromatic rings. The molecule has 1 unspecified atom stereocenters. The van der Waals surface area contributed by atoms with Crippen LogP contribution in [0.2, 0.25) is 10.0 Å². The highest BCUT2D eigenvalue weighted by atomic mass is 35.5. The van der Waals surface area contributed by atoms with Gasteiger partial charge in [0.15, 0.2) is 0 Å². The van der Waals surface area contributed by atoms with Crippen LogP contribution in [-0.2, 0) is 0 Å². The lowest BCUT2D eigenvalue weighted by atomic mass is 9.98. The second-order valence-corrected chi connectivity index (χ2v) is 10.3. The van der Waals surface area contributed by atoms with Crippen molar-refractivity contribution in [1.29, 1.82) is 5.26 Å². The molecule has 0 saturated carbocycles. The van der Waals surface area contributed by atoms with Crippen LogP contribution in [0.1, 0.15) is 39.9 Å². The second kappa shape index (κ2) is 15.3.